The summed E-state index contributed by atoms with van der Waals surface area (Å²) in [6.45, 7) is 9.38. The van der Waals surface area contributed by atoms with Crippen molar-refractivity contribution in [3.8, 4) is 22.3 Å². The third-order valence-electron chi connectivity index (χ3n) is 10.3. The fourth-order valence-electron chi connectivity index (χ4n) is 7.64. The van der Waals surface area contributed by atoms with Crippen molar-refractivity contribution in [1.82, 2.24) is 0 Å². The Labute approximate surface area is 349 Å². The minimum atomic E-state index is 0.0558. The Hall–Kier alpha value is -3.47. The van der Waals surface area contributed by atoms with Crippen molar-refractivity contribution in [2.24, 2.45) is 0 Å². The third kappa shape index (κ3) is 6.36. The van der Waals surface area contributed by atoms with Gasteiger partial charge in [0.25, 0.3) is 0 Å². The number of anilines is 3. The second-order valence-electron chi connectivity index (χ2n) is 14.4. The largest absolute Gasteiger partial charge is 0.398 e. The van der Waals surface area contributed by atoms with Gasteiger partial charge in [0.15, 0.2) is 0 Å². The van der Waals surface area contributed by atoms with Crippen LogP contribution in [-0.2, 0) is 10.8 Å². The number of nitrogens with two attached hydrogens (primary N) is 1. The molecule has 2 nitrogen and oxygen atoms in total. The maximum atomic E-state index is 5.47. The normalized spacial score (nSPS) is 13.9. The maximum Gasteiger partial charge on any atom is 0.0587 e. The lowest BCUT2D eigenvalue weighted by Crippen LogP contribution is -2.13. The first-order valence-corrected chi connectivity index (χ1v) is 21.8. The van der Waals surface area contributed by atoms with Gasteiger partial charge in [0.2, 0.25) is 0 Å². The number of thiophene rings is 2. The summed E-state index contributed by atoms with van der Waals surface area (Å²) in [6.07, 6.45) is 0. The summed E-state index contributed by atoms with van der Waals surface area (Å²) in [4.78, 5) is 2.99. The summed E-state index contributed by atoms with van der Waals surface area (Å²) in [5.74, 6) is 0. The number of hydrogen-bond donors (Lipinski definition) is 2. The Morgan fingerprint density at radius 1 is 0.528 bits per heavy atom. The van der Waals surface area contributed by atoms with Crippen molar-refractivity contribution in [1.29, 1.82) is 0 Å². The van der Waals surface area contributed by atoms with Crippen molar-refractivity contribution in [2.75, 3.05) is 11.1 Å². The van der Waals surface area contributed by atoms with Crippen LogP contribution in [0.3, 0.4) is 0 Å². The van der Waals surface area contributed by atoms with Crippen LogP contribution < -0.4 is 11.1 Å². The molecule has 264 valence electrons. The molecule has 10 rings (SSSR count). The molecule has 0 radical (unpaired) electrons. The summed E-state index contributed by atoms with van der Waals surface area (Å²) in [7, 11) is 0. The van der Waals surface area contributed by atoms with Crippen molar-refractivity contribution in [3.05, 3.63) is 167 Å². The van der Waals surface area contributed by atoms with Gasteiger partial charge in [0.1, 0.15) is 0 Å². The molecule has 2 aliphatic rings. The van der Waals surface area contributed by atoms with E-state index >= 15 is 0 Å². The highest BCUT2D eigenvalue weighted by Gasteiger charge is 2.39. The lowest BCUT2D eigenvalue weighted by molar-refractivity contribution is 0.674. The van der Waals surface area contributed by atoms with E-state index in [9.17, 15) is 0 Å². The molecule has 0 bridgehead atoms. The van der Waals surface area contributed by atoms with Gasteiger partial charge in [-0.3, -0.25) is 0 Å². The molecule has 0 unspecified atom stereocenters. The first-order valence-electron chi connectivity index (χ1n) is 17.5. The van der Waals surface area contributed by atoms with Crippen LogP contribution in [0.2, 0.25) is 0 Å². The van der Waals surface area contributed by atoms with Gasteiger partial charge in [-0.1, -0.05) is 125 Å². The highest BCUT2D eigenvalue weighted by molar-refractivity contribution is 14.1. The Bertz CT molecular complexity index is 2650. The molecule has 0 amide bonds. The van der Waals surface area contributed by atoms with Crippen LogP contribution in [0.5, 0.6) is 0 Å². The van der Waals surface area contributed by atoms with Gasteiger partial charge in [-0.15, -0.1) is 22.7 Å². The van der Waals surface area contributed by atoms with E-state index in [4.69, 9.17) is 5.73 Å². The third-order valence-corrected chi connectivity index (χ3v) is 16.1. The summed E-state index contributed by atoms with van der Waals surface area (Å²) in [6, 6.07) is 46.8. The SMILES string of the molecule is CC1(C)c2ccccc2-c2c1sc1c(I)cccc21.CC1(C)c2ccccc2-c2c1sc1c(Nc3ccccc3Br)cccc21.Nc1ccccc1Br. The van der Waals surface area contributed by atoms with Crippen LogP contribution in [-0.4, -0.2) is 0 Å². The van der Waals surface area contributed by atoms with E-state index in [2.05, 4.69) is 191 Å². The van der Waals surface area contributed by atoms with Crippen LogP contribution >= 0.6 is 77.1 Å². The zero-order valence-electron chi connectivity index (χ0n) is 29.7. The van der Waals surface area contributed by atoms with Crippen LogP contribution in [0.25, 0.3) is 42.4 Å². The van der Waals surface area contributed by atoms with E-state index in [1.54, 1.807) is 0 Å². The molecular weight excluding hydrogens is 931 g/mol. The fourth-order valence-corrected chi connectivity index (χ4v) is 11.9. The minimum absolute atomic E-state index is 0.0558. The van der Waals surface area contributed by atoms with Crippen molar-refractivity contribution < 1.29 is 0 Å². The second kappa shape index (κ2) is 14.3. The van der Waals surface area contributed by atoms with Crippen molar-refractivity contribution in [2.45, 2.75) is 38.5 Å². The molecule has 0 saturated heterocycles. The molecular formula is C46H37Br2IN2S2. The number of rotatable bonds is 2. The first-order chi connectivity index (χ1) is 25.5. The Balaban J connectivity index is 0.000000129. The van der Waals surface area contributed by atoms with E-state index in [0.29, 0.717) is 0 Å². The zero-order chi connectivity index (χ0) is 37.1. The molecule has 6 aromatic carbocycles. The second-order valence-corrected chi connectivity index (χ2v) is 19.3. The maximum absolute atomic E-state index is 5.47. The lowest BCUT2D eigenvalue weighted by Gasteiger charge is -2.19. The van der Waals surface area contributed by atoms with Gasteiger partial charge in [0.05, 0.1) is 16.1 Å². The van der Waals surface area contributed by atoms with Crippen molar-refractivity contribution >= 4 is 114 Å². The molecule has 0 spiro atoms. The van der Waals surface area contributed by atoms with Crippen LogP contribution in [0, 0.1) is 3.57 Å². The average Bonchev–Trinajstić information content (AvgIpc) is 3.87. The van der Waals surface area contributed by atoms with Crippen molar-refractivity contribution in [3.63, 3.8) is 0 Å². The molecule has 2 heterocycles. The van der Waals surface area contributed by atoms with Crippen LogP contribution in [0.1, 0.15) is 48.6 Å². The zero-order valence-corrected chi connectivity index (χ0v) is 36.7. The first kappa shape index (κ1) is 36.5. The summed E-state index contributed by atoms with van der Waals surface area (Å²) >= 11 is 13.3. The Morgan fingerprint density at radius 3 is 1.57 bits per heavy atom. The topological polar surface area (TPSA) is 38.0 Å². The number of nitrogens with one attached hydrogen (secondary N) is 1. The molecule has 3 N–H and O–H groups in total. The number of nitrogen functional groups attached to an aromatic ring is 1. The molecule has 8 aromatic rings. The molecule has 0 aliphatic heterocycles. The summed E-state index contributed by atoms with van der Waals surface area (Å²) < 4.78 is 6.17. The smallest absolute Gasteiger partial charge is 0.0587 e. The quantitative estimate of drug-likeness (QED) is 0.134. The molecule has 0 atom stereocenters. The van der Waals surface area contributed by atoms with Gasteiger partial charge in [-0.05, 0) is 113 Å². The number of hydrogen-bond acceptors (Lipinski definition) is 4. The molecule has 0 saturated carbocycles. The summed E-state index contributed by atoms with van der Waals surface area (Å²) in [5.41, 5.74) is 17.3. The Morgan fingerprint density at radius 2 is 1.00 bits per heavy atom. The monoisotopic (exact) mass is 966 g/mol. The van der Waals surface area contributed by atoms with Gasteiger partial charge < -0.3 is 11.1 Å². The predicted molar refractivity (Wildman–Crippen MR) is 247 cm³/mol. The average molecular weight is 969 g/mol. The highest BCUT2D eigenvalue weighted by Crippen LogP contribution is 2.57. The number of para-hydroxylation sites is 2. The standard InChI is InChI=1S/C23H18BrNS.C17H13IS.C6H6BrN/c1-23(2)16-10-4-3-8-14(16)20-15-9-7-13-19(21(15)26-22(20)23)25-18-12-6-5-11-17(18)24;1-17(2)12-8-4-3-6-10(12)14-11-7-5-9-13(18)15(11)19-16(14)17;7-5-3-1-2-4-6(5)8/h3-13,25H,1-2H3;3-9H,1-2H3;1-4H,8H2. The lowest BCUT2D eigenvalue weighted by atomic mass is 9.87. The molecule has 0 fully saturated rings. The highest BCUT2D eigenvalue weighted by atomic mass is 127. The van der Waals surface area contributed by atoms with Gasteiger partial charge >= 0.3 is 0 Å². The number of halogens is 3. The predicted octanol–water partition coefficient (Wildman–Crippen LogP) is 15.6. The van der Waals surface area contributed by atoms with E-state index in [1.807, 2.05) is 53.0 Å². The molecule has 53 heavy (non-hydrogen) atoms. The van der Waals surface area contributed by atoms with Gasteiger partial charge in [-0.2, -0.15) is 0 Å². The van der Waals surface area contributed by atoms with Crippen LogP contribution in [0.4, 0.5) is 17.1 Å². The van der Waals surface area contributed by atoms with Crippen LogP contribution in [0.15, 0.2) is 142 Å². The van der Waals surface area contributed by atoms with E-state index < -0.39 is 0 Å². The van der Waals surface area contributed by atoms with Gasteiger partial charge in [-0.25, -0.2) is 0 Å². The van der Waals surface area contributed by atoms with Gasteiger partial charge in [0, 0.05) is 65.4 Å². The molecule has 2 aromatic heterocycles. The Kier molecular flexibility index (Phi) is 9.86. The number of fused-ring (bicyclic) bond motifs is 10. The molecule has 2 aliphatic carbocycles. The van der Waals surface area contributed by atoms with E-state index in [1.165, 1.54) is 72.6 Å². The fraction of sp³-hybridized carbons (Fsp3) is 0.130. The molecule has 7 heteroatoms. The van der Waals surface area contributed by atoms with E-state index in [-0.39, 0.29) is 10.8 Å². The number of benzene rings is 6. The minimum Gasteiger partial charge on any atom is -0.398 e. The summed E-state index contributed by atoms with van der Waals surface area (Å²) in [5, 5.41) is 6.39. The van der Waals surface area contributed by atoms with E-state index in [0.717, 1.165) is 20.3 Å².